The molecule has 0 aromatic rings. The maximum Gasteiger partial charge on any atom is 0.236 e. The van der Waals surface area contributed by atoms with Crippen molar-refractivity contribution in [1.82, 2.24) is 9.80 Å². The van der Waals surface area contributed by atoms with Gasteiger partial charge < -0.3 is 10.6 Å². The van der Waals surface area contributed by atoms with E-state index in [1.54, 1.807) is 0 Å². The molecule has 2 N–H and O–H groups in total. The van der Waals surface area contributed by atoms with Crippen LogP contribution in [0, 0.1) is 0 Å². The van der Waals surface area contributed by atoms with Crippen molar-refractivity contribution in [3.63, 3.8) is 0 Å². The fourth-order valence-electron chi connectivity index (χ4n) is 2.40. The van der Waals surface area contributed by atoms with Crippen molar-refractivity contribution >= 4 is 5.91 Å². The van der Waals surface area contributed by atoms with Crippen molar-refractivity contribution in [2.24, 2.45) is 5.73 Å². The largest absolute Gasteiger partial charge is 0.342 e. The van der Waals surface area contributed by atoms with Gasteiger partial charge in [-0.2, -0.15) is 0 Å². The van der Waals surface area contributed by atoms with E-state index in [0.29, 0.717) is 19.1 Å². The summed E-state index contributed by atoms with van der Waals surface area (Å²) in [4.78, 5) is 16.2. The van der Waals surface area contributed by atoms with Crippen LogP contribution in [0.3, 0.4) is 0 Å². The Balaban J connectivity index is 2.50. The summed E-state index contributed by atoms with van der Waals surface area (Å²) < 4.78 is 0. The van der Waals surface area contributed by atoms with E-state index in [9.17, 15) is 4.79 Å². The van der Waals surface area contributed by atoms with Crippen LogP contribution < -0.4 is 5.73 Å². The lowest BCUT2D eigenvalue weighted by molar-refractivity contribution is -0.133. The second kappa shape index (κ2) is 6.97. The van der Waals surface area contributed by atoms with Crippen LogP contribution in [0.4, 0.5) is 0 Å². The summed E-state index contributed by atoms with van der Waals surface area (Å²) in [6.07, 6.45) is 5.03. The molecule has 4 nitrogen and oxygen atoms in total. The molecule has 1 rings (SSSR count). The first-order chi connectivity index (χ1) is 8.06. The van der Waals surface area contributed by atoms with E-state index in [0.717, 1.165) is 6.54 Å². The average molecular weight is 241 g/mol. The lowest BCUT2D eigenvalue weighted by Gasteiger charge is -2.30. The Morgan fingerprint density at radius 3 is 2.41 bits per heavy atom. The summed E-state index contributed by atoms with van der Waals surface area (Å²) >= 11 is 0. The van der Waals surface area contributed by atoms with Crippen LogP contribution in [0.1, 0.15) is 39.5 Å². The second-order valence-electron chi connectivity index (χ2n) is 5.30. The number of likely N-dealkylation sites (N-methyl/N-ethyl adjacent to an activating group) is 1. The standard InChI is InChI=1S/C13H27N3O/c1-11(2)15(3)13(17)10-16(9-8-14)12-6-4-5-7-12/h11-12H,4-10,14H2,1-3H3. The molecule has 1 fully saturated rings. The lowest BCUT2D eigenvalue weighted by atomic mass is 10.2. The number of hydrogen-bond donors (Lipinski definition) is 1. The van der Waals surface area contributed by atoms with Crippen molar-refractivity contribution in [3.05, 3.63) is 0 Å². The predicted octanol–water partition coefficient (Wildman–Crippen LogP) is 1.06. The molecule has 0 aromatic heterocycles. The van der Waals surface area contributed by atoms with E-state index in [1.165, 1.54) is 25.7 Å². The lowest BCUT2D eigenvalue weighted by Crippen LogP contribution is -2.46. The molecular weight excluding hydrogens is 214 g/mol. The van der Waals surface area contributed by atoms with Crippen molar-refractivity contribution in [2.75, 3.05) is 26.7 Å². The zero-order chi connectivity index (χ0) is 12.8. The molecule has 1 saturated carbocycles. The fourth-order valence-corrected chi connectivity index (χ4v) is 2.40. The molecule has 0 atom stereocenters. The van der Waals surface area contributed by atoms with E-state index in [4.69, 9.17) is 5.73 Å². The van der Waals surface area contributed by atoms with Crippen LogP contribution in [0.5, 0.6) is 0 Å². The smallest absolute Gasteiger partial charge is 0.236 e. The van der Waals surface area contributed by atoms with E-state index in [-0.39, 0.29) is 11.9 Å². The number of nitrogens with zero attached hydrogens (tertiary/aromatic N) is 2. The SMILES string of the molecule is CC(C)N(C)C(=O)CN(CCN)C1CCCC1. The van der Waals surface area contributed by atoms with Crippen LogP contribution in [0.15, 0.2) is 0 Å². The van der Waals surface area contributed by atoms with Gasteiger partial charge in [0.2, 0.25) is 5.91 Å². The Morgan fingerprint density at radius 1 is 1.35 bits per heavy atom. The van der Waals surface area contributed by atoms with E-state index < -0.39 is 0 Å². The van der Waals surface area contributed by atoms with Gasteiger partial charge in [0.05, 0.1) is 6.54 Å². The van der Waals surface area contributed by atoms with E-state index >= 15 is 0 Å². The maximum absolute atomic E-state index is 12.1. The molecule has 0 unspecified atom stereocenters. The van der Waals surface area contributed by atoms with Gasteiger partial charge in [0.25, 0.3) is 0 Å². The molecule has 0 bridgehead atoms. The number of hydrogen-bond acceptors (Lipinski definition) is 3. The number of carbonyl (C=O) groups excluding carboxylic acids is 1. The minimum Gasteiger partial charge on any atom is -0.342 e. The number of nitrogens with two attached hydrogens (primary N) is 1. The monoisotopic (exact) mass is 241 g/mol. The second-order valence-corrected chi connectivity index (χ2v) is 5.30. The highest BCUT2D eigenvalue weighted by atomic mass is 16.2. The zero-order valence-corrected chi connectivity index (χ0v) is 11.5. The molecule has 0 spiro atoms. The Morgan fingerprint density at radius 2 is 1.94 bits per heavy atom. The third-order valence-corrected chi connectivity index (χ3v) is 3.76. The van der Waals surface area contributed by atoms with Crippen LogP contribution in [-0.2, 0) is 4.79 Å². The number of carbonyl (C=O) groups is 1. The van der Waals surface area contributed by atoms with Gasteiger partial charge in [0.1, 0.15) is 0 Å². The Labute approximate surface area is 105 Å². The summed E-state index contributed by atoms with van der Waals surface area (Å²) in [7, 11) is 1.88. The van der Waals surface area contributed by atoms with Gasteiger partial charge in [-0.3, -0.25) is 9.69 Å². The van der Waals surface area contributed by atoms with Crippen molar-refractivity contribution in [3.8, 4) is 0 Å². The molecular formula is C13H27N3O. The molecule has 0 aliphatic heterocycles. The molecule has 0 heterocycles. The normalized spacial score (nSPS) is 17.1. The fraction of sp³-hybridized carbons (Fsp3) is 0.923. The highest BCUT2D eigenvalue weighted by Gasteiger charge is 2.25. The molecule has 100 valence electrons. The summed E-state index contributed by atoms with van der Waals surface area (Å²) in [5, 5.41) is 0. The third kappa shape index (κ3) is 4.28. The summed E-state index contributed by atoms with van der Waals surface area (Å²) in [5.41, 5.74) is 5.64. The predicted molar refractivity (Wildman–Crippen MR) is 70.8 cm³/mol. The minimum atomic E-state index is 0.209. The molecule has 1 amide bonds. The molecule has 1 aliphatic rings. The maximum atomic E-state index is 12.1. The molecule has 0 radical (unpaired) electrons. The number of rotatable bonds is 6. The quantitative estimate of drug-likeness (QED) is 0.756. The average Bonchev–Trinajstić information content (AvgIpc) is 2.80. The van der Waals surface area contributed by atoms with Gasteiger partial charge in [-0.25, -0.2) is 0 Å². The zero-order valence-electron chi connectivity index (χ0n) is 11.5. The van der Waals surface area contributed by atoms with Crippen molar-refractivity contribution in [1.29, 1.82) is 0 Å². The van der Waals surface area contributed by atoms with Gasteiger partial charge in [0.15, 0.2) is 0 Å². The summed E-state index contributed by atoms with van der Waals surface area (Å²) in [6, 6.07) is 0.842. The topological polar surface area (TPSA) is 49.6 Å². The summed E-state index contributed by atoms with van der Waals surface area (Å²) in [5.74, 6) is 0.209. The summed E-state index contributed by atoms with van der Waals surface area (Å²) in [6.45, 7) is 6.08. The van der Waals surface area contributed by atoms with Gasteiger partial charge in [-0.1, -0.05) is 12.8 Å². The van der Waals surface area contributed by atoms with Crippen LogP contribution in [0.2, 0.25) is 0 Å². The molecule has 17 heavy (non-hydrogen) atoms. The molecule has 0 aromatic carbocycles. The van der Waals surface area contributed by atoms with Gasteiger partial charge >= 0.3 is 0 Å². The first kappa shape index (κ1) is 14.5. The first-order valence-electron chi connectivity index (χ1n) is 6.76. The van der Waals surface area contributed by atoms with E-state index in [1.807, 2.05) is 25.8 Å². The molecule has 1 aliphatic carbocycles. The van der Waals surface area contributed by atoms with E-state index in [2.05, 4.69) is 4.90 Å². The van der Waals surface area contributed by atoms with Gasteiger partial charge in [0, 0.05) is 32.2 Å². The molecule has 0 saturated heterocycles. The van der Waals surface area contributed by atoms with Crippen molar-refractivity contribution in [2.45, 2.75) is 51.6 Å². The third-order valence-electron chi connectivity index (χ3n) is 3.76. The Kier molecular flexibility index (Phi) is 5.92. The number of amides is 1. The Bertz CT molecular complexity index is 237. The van der Waals surface area contributed by atoms with Gasteiger partial charge in [-0.15, -0.1) is 0 Å². The minimum absolute atomic E-state index is 0.209. The molecule has 4 heteroatoms. The van der Waals surface area contributed by atoms with Crippen LogP contribution in [-0.4, -0.2) is 54.5 Å². The first-order valence-corrected chi connectivity index (χ1v) is 6.76. The highest BCUT2D eigenvalue weighted by molar-refractivity contribution is 5.78. The highest BCUT2D eigenvalue weighted by Crippen LogP contribution is 2.23. The van der Waals surface area contributed by atoms with Crippen LogP contribution in [0.25, 0.3) is 0 Å². The van der Waals surface area contributed by atoms with Crippen LogP contribution >= 0.6 is 0 Å². The Hall–Kier alpha value is -0.610. The van der Waals surface area contributed by atoms with Crippen molar-refractivity contribution < 1.29 is 4.79 Å². The van der Waals surface area contributed by atoms with Gasteiger partial charge in [-0.05, 0) is 26.7 Å².